The van der Waals surface area contributed by atoms with E-state index in [9.17, 15) is 9.90 Å². The van der Waals surface area contributed by atoms with Crippen LogP contribution in [0.2, 0.25) is 0 Å². The van der Waals surface area contributed by atoms with Gasteiger partial charge in [-0.2, -0.15) is 0 Å². The summed E-state index contributed by atoms with van der Waals surface area (Å²) in [4.78, 5) is 12.5. The molecule has 17 heavy (non-hydrogen) atoms. The first-order valence-electron chi connectivity index (χ1n) is 6.97. The van der Waals surface area contributed by atoms with Crippen molar-refractivity contribution < 1.29 is 9.90 Å². The number of ketones is 1. The van der Waals surface area contributed by atoms with Crippen LogP contribution in [0.3, 0.4) is 0 Å². The van der Waals surface area contributed by atoms with E-state index < -0.39 is 5.60 Å². The maximum absolute atomic E-state index is 12.5. The van der Waals surface area contributed by atoms with Crippen LogP contribution in [0.1, 0.15) is 60.3 Å². The first-order valence-corrected chi connectivity index (χ1v) is 6.97. The topological polar surface area (TPSA) is 37.3 Å². The average Bonchev–Trinajstić information content (AvgIpc) is 2.59. The zero-order valence-electron chi connectivity index (χ0n) is 11.8. The van der Waals surface area contributed by atoms with Gasteiger partial charge in [-0.15, -0.1) is 0 Å². The molecule has 0 saturated heterocycles. The van der Waals surface area contributed by atoms with Crippen molar-refractivity contribution in [1.29, 1.82) is 0 Å². The number of hydrogen-bond acceptors (Lipinski definition) is 2. The van der Waals surface area contributed by atoms with Crippen LogP contribution in [0.5, 0.6) is 0 Å². The third kappa shape index (κ3) is 1.34. The Balaban J connectivity index is 2.39. The van der Waals surface area contributed by atoms with Crippen molar-refractivity contribution in [1.82, 2.24) is 0 Å². The van der Waals surface area contributed by atoms with Crippen LogP contribution in [0, 0.1) is 22.7 Å². The van der Waals surface area contributed by atoms with Crippen molar-refractivity contribution in [3.8, 4) is 0 Å². The Labute approximate surface area is 105 Å². The van der Waals surface area contributed by atoms with Gasteiger partial charge < -0.3 is 5.11 Å². The van der Waals surface area contributed by atoms with Gasteiger partial charge in [0.1, 0.15) is 5.60 Å². The highest BCUT2D eigenvalue weighted by Crippen LogP contribution is 2.70. The molecule has 0 radical (unpaired) electrons. The molecular weight excluding hydrogens is 212 g/mol. The molecule has 98 valence electrons. The summed E-state index contributed by atoms with van der Waals surface area (Å²) in [5.41, 5.74) is -1.22. The normalized spacial score (nSPS) is 44.9. The van der Waals surface area contributed by atoms with Crippen molar-refractivity contribution in [2.45, 2.75) is 65.9 Å². The van der Waals surface area contributed by atoms with Crippen LogP contribution in [0.15, 0.2) is 0 Å². The number of aliphatic hydroxyl groups is 1. The Bertz CT molecular complexity index is 347. The fraction of sp³-hybridized carbons (Fsp3) is 0.933. The minimum atomic E-state index is -1.07. The van der Waals surface area contributed by atoms with Crippen molar-refractivity contribution in [2.75, 3.05) is 0 Å². The summed E-state index contributed by atoms with van der Waals surface area (Å²) in [6, 6.07) is 0. The third-order valence-corrected chi connectivity index (χ3v) is 6.36. The van der Waals surface area contributed by atoms with Gasteiger partial charge in [-0.05, 0) is 37.0 Å². The molecule has 1 N–H and O–H groups in total. The average molecular weight is 238 g/mol. The lowest BCUT2D eigenvalue weighted by Crippen LogP contribution is -2.54. The first-order chi connectivity index (χ1) is 7.70. The van der Waals surface area contributed by atoms with Crippen molar-refractivity contribution in [3.63, 3.8) is 0 Å². The molecule has 0 aromatic heterocycles. The van der Waals surface area contributed by atoms with Crippen LogP contribution in [-0.2, 0) is 4.79 Å². The van der Waals surface area contributed by atoms with Crippen LogP contribution in [0.25, 0.3) is 0 Å². The Morgan fingerprint density at radius 2 is 2.00 bits per heavy atom. The van der Waals surface area contributed by atoms with Gasteiger partial charge in [0, 0.05) is 11.3 Å². The smallest absolute Gasteiger partial charge is 0.167 e. The monoisotopic (exact) mass is 238 g/mol. The van der Waals surface area contributed by atoms with Crippen molar-refractivity contribution in [2.24, 2.45) is 22.7 Å². The number of hydrogen-bond donors (Lipinski definition) is 1. The van der Waals surface area contributed by atoms with E-state index in [0.29, 0.717) is 12.3 Å². The van der Waals surface area contributed by atoms with E-state index in [1.807, 2.05) is 13.8 Å². The maximum Gasteiger partial charge on any atom is 0.167 e. The minimum Gasteiger partial charge on any atom is -0.381 e. The number of Topliss-reactive ketones (excluding diaryl/α,β-unsaturated/α-hetero) is 1. The molecule has 0 aromatic carbocycles. The second kappa shape index (κ2) is 3.57. The molecule has 2 fully saturated rings. The lowest BCUT2D eigenvalue weighted by atomic mass is 9.62. The molecule has 0 aliphatic heterocycles. The lowest BCUT2D eigenvalue weighted by Gasteiger charge is -2.45. The van der Waals surface area contributed by atoms with Gasteiger partial charge >= 0.3 is 0 Å². The molecule has 0 amide bonds. The van der Waals surface area contributed by atoms with Gasteiger partial charge in [0.25, 0.3) is 0 Å². The van der Waals surface area contributed by atoms with E-state index in [4.69, 9.17) is 0 Å². The van der Waals surface area contributed by atoms with Gasteiger partial charge in [-0.1, -0.05) is 34.6 Å². The van der Waals surface area contributed by atoms with Crippen LogP contribution in [-0.4, -0.2) is 16.5 Å². The molecule has 0 spiro atoms. The Morgan fingerprint density at radius 3 is 2.35 bits per heavy atom. The van der Waals surface area contributed by atoms with Crippen molar-refractivity contribution in [3.05, 3.63) is 0 Å². The fourth-order valence-electron chi connectivity index (χ4n) is 4.24. The number of carbonyl (C=O) groups is 1. The summed E-state index contributed by atoms with van der Waals surface area (Å²) in [6.07, 6.45) is 3.66. The molecule has 2 heteroatoms. The molecule has 2 nitrogen and oxygen atoms in total. The Morgan fingerprint density at radius 1 is 1.41 bits per heavy atom. The highest BCUT2D eigenvalue weighted by Gasteiger charge is 2.71. The molecule has 0 aromatic rings. The highest BCUT2D eigenvalue weighted by molar-refractivity contribution is 5.90. The summed E-state index contributed by atoms with van der Waals surface area (Å²) >= 11 is 0. The quantitative estimate of drug-likeness (QED) is 0.820. The Kier molecular flexibility index (Phi) is 2.74. The summed E-state index contributed by atoms with van der Waals surface area (Å²) in [7, 11) is 0. The van der Waals surface area contributed by atoms with Crippen LogP contribution < -0.4 is 0 Å². The number of rotatable bonds is 3. The van der Waals surface area contributed by atoms with Gasteiger partial charge in [-0.25, -0.2) is 0 Å². The van der Waals surface area contributed by atoms with Crippen molar-refractivity contribution >= 4 is 5.78 Å². The molecule has 0 unspecified atom stereocenters. The Hall–Kier alpha value is -0.370. The SMILES string of the molecule is CC[C@@H](C)C(=O)[C@@]1(O)C[C@H]2CC[C@]1(C)C2(C)C. The van der Waals surface area contributed by atoms with Gasteiger partial charge in [-0.3, -0.25) is 4.79 Å². The van der Waals surface area contributed by atoms with E-state index in [0.717, 1.165) is 12.8 Å². The molecule has 0 heterocycles. The third-order valence-electron chi connectivity index (χ3n) is 6.36. The molecule has 2 rings (SSSR count). The lowest BCUT2D eigenvalue weighted by molar-refractivity contribution is -0.159. The molecule has 2 saturated carbocycles. The van der Waals surface area contributed by atoms with Gasteiger partial charge in [0.15, 0.2) is 5.78 Å². The second-order valence-corrected chi connectivity index (χ2v) is 7.03. The van der Waals surface area contributed by atoms with E-state index >= 15 is 0 Å². The molecule has 4 atom stereocenters. The van der Waals surface area contributed by atoms with Crippen LogP contribution in [0.4, 0.5) is 0 Å². The largest absolute Gasteiger partial charge is 0.381 e. The predicted octanol–water partition coefficient (Wildman–Crippen LogP) is 3.18. The standard InChI is InChI=1S/C15H26O2/c1-6-10(2)12(16)15(17)9-11-7-8-14(15,5)13(11,3)4/h10-11,17H,6-9H2,1-5H3/t10-,11-,14-,15+/m1/s1. The number of carbonyl (C=O) groups excluding carboxylic acids is 1. The predicted molar refractivity (Wildman–Crippen MR) is 68.6 cm³/mol. The second-order valence-electron chi connectivity index (χ2n) is 7.03. The van der Waals surface area contributed by atoms with E-state index in [1.165, 1.54) is 6.42 Å². The van der Waals surface area contributed by atoms with Gasteiger partial charge in [0.05, 0.1) is 0 Å². The summed E-state index contributed by atoms with van der Waals surface area (Å²) in [5.74, 6) is 0.565. The van der Waals surface area contributed by atoms with Crippen LogP contribution >= 0.6 is 0 Å². The number of fused-ring (bicyclic) bond motifs is 2. The summed E-state index contributed by atoms with van der Waals surface area (Å²) in [5, 5.41) is 11.0. The fourth-order valence-corrected chi connectivity index (χ4v) is 4.24. The molecule has 2 aliphatic rings. The van der Waals surface area contributed by atoms with E-state index in [2.05, 4.69) is 20.8 Å². The molecule has 2 bridgehead atoms. The highest BCUT2D eigenvalue weighted by atomic mass is 16.3. The molecular formula is C15H26O2. The first kappa shape index (κ1) is 13.1. The summed E-state index contributed by atoms with van der Waals surface area (Å²) in [6.45, 7) is 10.6. The van der Waals surface area contributed by atoms with E-state index in [1.54, 1.807) is 0 Å². The molecule has 2 aliphatic carbocycles. The minimum absolute atomic E-state index is 0.0213. The maximum atomic E-state index is 12.5. The zero-order chi connectivity index (χ0) is 13.1. The summed E-state index contributed by atoms with van der Waals surface area (Å²) < 4.78 is 0. The van der Waals surface area contributed by atoms with Gasteiger partial charge in [0.2, 0.25) is 0 Å². The van der Waals surface area contributed by atoms with E-state index in [-0.39, 0.29) is 22.5 Å². The zero-order valence-corrected chi connectivity index (χ0v) is 11.8.